The highest BCUT2D eigenvalue weighted by Gasteiger charge is 2.13. The smallest absolute Gasteiger partial charge is 0.161 e. The standard InChI is InChI=1S/C23H25N3O2/c1-4-6-13-28-21-12-11-17(15-22(21)27-5-2)14-18(16-24)23-25-19-9-7-8-10-20(19)26(23)3/h7-12,14-15H,4-6,13H2,1-3H3. The summed E-state index contributed by atoms with van der Waals surface area (Å²) in [5.41, 5.74) is 3.24. The summed E-state index contributed by atoms with van der Waals surface area (Å²) < 4.78 is 13.5. The number of nitriles is 1. The summed E-state index contributed by atoms with van der Waals surface area (Å²) in [4.78, 5) is 4.62. The first kappa shape index (κ1) is 19.5. The first-order chi connectivity index (χ1) is 13.7. The topological polar surface area (TPSA) is 60.1 Å². The minimum atomic E-state index is 0.501. The number of fused-ring (bicyclic) bond motifs is 1. The summed E-state index contributed by atoms with van der Waals surface area (Å²) in [6.07, 6.45) is 3.91. The summed E-state index contributed by atoms with van der Waals surface area (Å²) in [7, 11) is 1.92. The van der Waals surface area contributed by atoms with Crippen LogP contribution in [-0.4, -0.2) is 22.8 Å². The van der Waals surface area contributed by atoms with Gasteiger partial charge in [-0.15, -0.1) is 0 Å². The van der Waals surface area contributed by atoms with Gasteiger partial charge in [-0.05, 0) is 49.2 Å². The van der Waals surface area contributed by atoms with E-state index < -0.39 is 0 Å². The van der Waals surface area contributed by atoms with Crippen LogP contribution in [-0.2, 0) is 7.05 Å². The molecule has 0 fully saturated rings. The normalized spacial score (nSPS) is 11.4. The number of nitrogens with zero attached hydrogens (tertiary/aromatic N) is 3. The molecule has 0 radical (unpaired) electrons. The fourth-order valence-electron chi connectivity index (χ4n) is 3.03. The number of unbranched alkanes of at least 4 members (excludes halogenated alkanes) is 1. The van der Waals surface area contributed by atoms with Gasteiger partial charge in [0.2, 0.25) is 0 Å². The summed E-state index contributed by atoms with van der Waals surface area (Å²) in [6.45, 7) is 5.28. The lowest BCUT2D eigenvalue weighted by Gasteiger charge is -2.12. The molecule has 0 N–H and O–H groups in total. The van der Waals surface area contributed by atoms with Gasteiger partial charge in [0, 0.05) is 7.05 Å². The van der Waals surface area contributed by atoms with Gasteiger partial charge in [0.25, 0.3) is 0 Å². The fourth-order valence-corrected chi connectivity index (χ4v) is 3.03. The minimum absolute atomic E-state index is 0.501. The van der Waals surface area contributed by atoms with Gasteiger partial charge in [-0.1, -0.05) is 31.5 Å². The number of imidazole rings is 1. The Morgan fingerprint density at radius 3 is 2.68 bits per heavy atom. The Morgan fingerprint density at radius 2 is 1.96 bits per heavy atom. The molecule has 3 rings (SSSR count). The molecule has 0 amide bonds. The molecule has 1 heterocycles. The maximum atomic E-state index is 9.73. The molecule has 0 aliphatic heterocycles. The Morgan fingerprint density at radius 1 is 1.14 bits per heavy atom. The molecule has 0 aliphatic rings. The quantitative estimate of drug-likeness (QED) is 0.400. The zero-order valence-electron chi connectivity index (χ0n) is 16.6. The van der Waals surface area contributed by atoms with Crippen molar-refractivity contribution in [1.29, 1.82) is 5.26 Å². The van der Waals surface area contributed by atoms with E-state index in [-0.39, 0.29) is 0 Å². The van der Waals surface area contributed by atoms with Crippen LogP contribution >= 0.6 is 0 Å². The van der Waals surface area contributed by atoms with Gasteiger partial charge in [-0.25, -0.2) is 4.98 Å². The van der Waals surface area contributed by atoms with Crippen LogP contribution in [0.15, 0.2) is 42.5 Å². The van der Waals surface area contributed by atoms with Crippen molar-refractivity contribution in [3.05, 3.63) is 53.9 Å². The van der Waals surface area contributed by atoms with Gasteiger partial charge in [-0.3, -0.25) is 0 Å². The molecule has 144 valence electrons. The van der Waals surface area contributed by atoms with E-state index in [0.717, 1.165) is 35.2 Å². The molecule has 0 saturated heterocycles. The third-order valence-electron chi connectivity index (χ3n) is 4.48. The molecule has 0 unspecified atom stereocenters. The third kappa shape index (κ3) is 4.17. The highest BCUT2D eigenvalue weighted by molar-refractivity contribution is 5.91. The van der Waals surface area contributed by atoms with Crippen molar-refractivity contribution in [3.63, 3.8) is 0 Å². The first-order valence-corrected chi connectivity index (χ1v) is 9.61. The van der Waals surface area contributed by atoms with E-state index in [0.29, 0.717) is 30.4 Å². The Kier molecular flexibility index (Phi) is 6.33. The molecule has 1 aromatic heterocycles. The average molecular weight is 375 g/mol. The van der Waals surface area contributed by atoms with E-state index in [1.807, 2.05) is 67.1 Å². The lowest BCUT2D eigenvalue weighted by Crippen LogP contribution is -2.01. The maximum Gasteiger partial charge on any atom is 0.161 e. The highest BCUT2D eigenvalue weighted by atomic mass is 16.5. The molecule has 2 aromatic carbocycles. The molecular formula is C23H25N3O2. The minimum Gasteiger partial charge on any atom is -0.490 e. The van der Waals surface area contributed by atoms with Crippen LogP contribution in [0.4, 0.5) is 0 Å². The van der Waals surface area contributed by atoms with E-state index >= 15 is 0 Å². The molecule has 5 nitrogen and oxygen atoms in total. The zero-order chi connectivity index (χ0) is 19.9. The molecule has 0 saturated carbocycles. The number of ether oxygens (including phenoxy) is 2. The van der Waals surface area contributed by atoms with Crippen LogP contribution in [0, 0.1) is 11.3 Å². The molecule has 28 heavy (non-hydrogen) atoms. The van der Waals surface area contributed by atoms with Crippen molar-refractivity contribution in [3.8, 4) is 17.6 Å². The van der Waals surface area contributed by atoms with Gasteiger partial charge in [0.05, 0.1) is 29.8 Å². The fraction of sp³-hybridized carbons (Fsp3) is 0.304. The lowest BCUT2D eigenvalue weighted by atomic mass is 10.1. The SMILES string of the molecule is CCCCOc1ccc(C=C(C#N)c2nc3ccccc3n2C)cc1OCC. The molecule has 0 aliphatic carbocycles. The largest absolute Gasteiger partial charge is 0.490 e. The predicted molar refractivity (Wildman–Crippen MR) is 112 cm³/mol. The van der Waals surface area contributed by atoms with Crippen molar-refractivity contribution in [1.82, 2.24) is 9.55 Å². The third-order valence-corrected chi connectivity index (χ3v) is 4.48. The molecule has 5 heteroatoms. The van der Waals surface area contributed by atoms with Crippen LogP contribution in [0.5, 0.6) is 11.5 Å². The monoisotopic (exact) mass is 375 g/mol. The van der Waals surface area contributed by atoms with E-state index in [4.69, 9.17) is 9.47 Å². The second-order valence-corrected chi connectivity index (χ2v) is 6.49. The van der Waals surface area contributed by atoms with Crippen molar-refractivity contribution < 1.29 is 9.47 Å². The van der Waals surface area contributed by atoms with Crippen LogP contribution in [0.2, 0.25) is 0 Å². The number of allylic oxidation sites excluding steroid dienone is 1. The predicted octanol–water partition coefficient (Wildman–Crippen LogP) is 5.22. The summed E-state index contributed by atoms with van der Waals surface area (Å²) in [6, 6.07) is 15.9. The number of benzene rings is 2. The second-order valence-electron chi connectivity index (χ2n) is 6.49. The van der Waals surface area contributed by atoms with Crippen molar-refractivity contribution in [2.75, 3.05) is 13.2 Å². The number of hydrogen-bond acceptors (Lipinski definition) is 4. The molecule has 0 bridgehead atoms. The molecule has 0 atom stereocenters. The molecule has 3 aromatic rings. The van der Waals surface area contributed by atoms with Crippen LogP contribution < -0.4 is 9.47 Å². The number of rotatable bonds is 8. The maximum absolute atomic E-state index is 9.73. The highest BCUT2D eigenvalue weighted by Crippen LogP contribution is 2.30. The Bertz CT molecular complexity index is 1030. The van der Waals surface area contributed by atoms with Crippen molar-refractivity contribution in [2.24, 2.45) is 7.05 Å². The second kappa shape index (κ2) is 9.09. The van der Waals surface area contributed by atoms with Crippen LogP contribution in [0.1, 0.15) is 38.1 Å². The summed E-state index contributed by atoms with van der Waals surface area (Å²) >= 11 is 0. The number of hydrogen-bond donors (Lipinski definition) is 0. The average Bonchev–Trinajstić information content (AvgIpc) is 3.05. The van der Waals surface area contributed by atoms with Gasteiger partial charge >= 0.3 is 0 Å². The van der Waals surface area contributed by atoms with E-state index in [9.17, 15) is 5.26 Å². The van der Waals surface area contributed by atoms with E-state index in [2.05, 4.69) is 18.0 Å². The zero-order valence-corrected chi connectivity index (χ0v) is 16.6. The van der Waals surface area contributed by atoms with Crippen molar-refractivity contribution >= 4 is 22.7 Å². The molecular weight excluding hydrogens is 350 g/mol. The van der Waals surface area contributed by atoms with Gasteiger partial charge in [-0.2, -0.15) is 5.26 Å². The number of para-hydroxylation sites is 2. The van der Waals surface area contributed by atoms with Gasteiger partial charge in [0.15, 0.2) is 17.3 Å². The number of aromatic nitrogens is 2. The summed E-state index contributed by atoms with van der Waals surface area (Å²) in [5, 5.41) is 9.73. The van der Waals surface area contributed by atoms with Crippen LogP contribution in [0.25, 0.3) is 22.7 Å². The number of aryl methyl sites for hydroxylation is 1. The Hall–Kier alpha value is -3.26. The van der Waals surface area contributed by atoms with Gasteiger partial charge in [0.1, 0.15) is 6.07 Å². The Balaban J connectivity index is 1.96. The van der Waals surface area contributed by atoms with Crippen LogP contribution in [0.3, 0.4) is 0 Å². The first-order valence-electron chi connectivity index (χ1n) is 9.61. The van der Waals surface area contributed by atoms with E-state index in [1.54, 1.807) is 0 Å². The molecule has 0 spiro atoms. The van der Waals surface area contributed by atoms with E-state index in [1.165, 1.54) is 0 Å². The van der Waals surface area contributed by atoms with Crippen molar-refractivity contribution in [2.45, 2.75) is 26.7 Å². The van der Waals surface area contributed by atoms with Gasteiger partial charge < -0.3 is 14.0 Å². The lowest BCUT2D eigenvalue weighted by molar-refractivity contribution is 0.272. The Labute approximate surface area is 165 Å². The summed E-state index contributed by atoms with van der Waals surface area (Å²) in [5.74, 6) is 2.06.